The van der Waals surface area contributed by atoms with Gasteiger partial charge in [0, 0.05) is 12.1 Å². The number of carbonyl (C=O) groups is 2. The van der Waals surface area contributed by atoms with Crippen LogP contribution in [0.3, 0.4) is 0 Å². The minimum absolute atomic E-state index is 0.0501. The Morgan fingerprint density at radius 1 is 1.36 bits per heavy atom. The molecular weight excluding hydrogens is 284 g/mol. The van der Waals surface area contributed by atoms with Crippen LogP contribution in [0, 0.1) is 0 Å². The monoisotopic (exact) mass is 304 g/mol. The molecule has 1 aromatic carbocycles. The molecule has 0 aliphatic carbocycles. The van der Waals surface area contributed by atoms with Gasteiger partial charge >= 0.3 is 0 Å². The molecule has 2 unspecified atom stereocenters. The third-order valence-corrected chi connectivity index (χ3v) is 4.17. The molecule has 0 aromatic heterocycles. The average molecular weight is 304 g/mol. The first-order valence-corrected chi connectivity index (χ1v) is 7.56. The van der Waals surface area contributed by atoms with Gasteiger partial charge in [-0.1, -0.05) is 6.92 Å². The number of ether oxygens (including phenoxy) is 2. The van der Waals surface area contributed by atoms with Gasteiger partial charge in [-0.05, 0) is 20.3 Å². The highest BCUT2D eigenvalue weighted by Crippen LogP contribution is 2.43. The summed E-state index contributed by atoms with van der Waals surface area (Å²) in [5.41, 5.74) is 1.46. The Hall–Kier alpha value is -2.24. The molecule has 0 bridgehead atoms. The second-order valence-corrected chi connectivity index (χ2v) is 5.61. The van der Waals surface area contributed by atoms with Crippen LogP contribution >= 0.6 is 0 Å². The van der Waals surface area contributed by atoms with Crippen molar-refractivity contribution in [2.45, 2.75) is 39.3 Å². The zero-order valence-electron chi connectivity index (χ0n) is 13.0. The predicted molar refractivity (Wildman–Crippen MR) is 82.8 cm³/mol. The van der Waals surface area contributed by atoms with E-state index >= 15 is 0 Å². The molecule has 0 saturated carbocycles. The lowest BCUT2D eigenvalue weighted by molar-refractivity contribution is -0.124. The summed E-state index contributed by atoms with van der Waals surface area (Å²) in [7, 11) is 0. The van der Waals surface area contributed by atoms with E-state index in [9.17, 15) is 9.59 Å². The fourth-order valence-electron chi connectivity index (χ4n) is 2.79. The van der Waals surface area contributed by atoms with Crippen molar-refractivity contribution in [3.05, 3.63) is 12.1 Å². The molecule has 3 rings (SSSR count). The third-order valence-electron chi connectivity index (χ3n) is 4.17. The summed E-state index contributed by atoms with van der Waals surface area (Å²) in [6.45, 7) is 6.18. The summed E-state index contributed by atoms with van der Waals surface area (Å²) in [4.78, 5) is 26.1. The number of carbonyl (C=O) groups excluding carboxylic acids is 2. The van der Waals surface area contributed by atoms with Crippen molar-refractivity contribution >= 4 is 23.1 Å². The molecule has 118 valence electrons. The largest absolute Gasteiger partial charge is 0.486 e. The van der Waals surface area contributed by atoms with E-state index in [0.717, 1.165) is 5.69 Å². The molecule has 6 heteroatoms. The maximum atomic E-state index is 12.7. The Morgan fingerprint density at radius 2 is 2.00 bits per heavy atom. The highest BCUT2D eigenvalue weighted by molar-refractivity contribution is 6.09. The van der Waals surface area contributed by atoms with E-state index < -0.39 is 6.04 Å². The number of nitrogens with one attached hydrogen (secondary N) is 1. The van der Waals surface area contributed by atoms with E-state index in [4.69, 9.17) is 9.47 Å². The summed E-state index contributed by atoms with van der Waals surface area (Å²) in [6.07, 6.45) is 0.647. The molecule has 0 fully saturated rings. The van der Waals surface area contributed by atoms with Crippen LogP contribution in [-0.2, 0) is 9.59 Å². The first-order chi connectivity index (χ1) is 10.5. The quantitative estimate of drug-likeness (QED) is 0.924. The van der Waals surface area contributed by atoms with Crippen molar-refractivity contribution in [3.8, 4) is 11.5 Å². The van der Waals surface area contributed by atoms with Gasteiger partial charge in [-0.3, -0.25) is 14.5 Å². The standard InChI is InChI=1S/C16H20N2O4/c1-4-11-16(20)18(9(2)10(3)19)13-8-15-14(7-12(13)17-11)21-5-6-22-15/h7-9,11,17H,4-6H2,1-3H3. The molecule has 2 aliphatic rings. The van der Waals surface area contributed by atoms with Crippen LogP contribution in [0.4, 0.5) is 11.4 Å². The van der Waals surface area contributed by atoms with Gasteiger partial charge in [-0.15, -0.1) is 0 Å². The summed E-state index contributed by atoms with van der Waals surface area (Å²) >= 11 is 0. The molecule has 2 aliphatic heterocycles. The van der Waals surface area contributed by atoms with Gasteiger partial charge in [0.2, 0.25) is 5.91 Å². The van der Waals surface area contributed by atoms with Crippen molar-refractivity contribution in [2.75, 3.05) is 23.4 Å². The first kappa shape index (κ1) is 14.7. The Kier molecular flexibility index (Phi) is 3.68. The van der Waals surface area contributed by atoms with Crippen LogP contribution in [-0.4, -0.2) is 37.0 Å². The normalized spacial score (nSPS) is 21.0. The number of Topliss-reactive ketones (excluding diaryl/α,β-unsaturated/α-hetero) is 1. The molecule has 0 radical (unpaired) electrons. The summed E-state index contributed by atoms with van der Waals surface area (Å²) in [6, 6.07) is 2.78. The number of amides is 1. The van der Waals surface area contributed by atoms with Gasteiger partial charge < -0.3 is 14.8 Å². The fraction of sp³-hybridized carbons (Fsp3) is 0.500. The average Bonchev–Trinajstić information content (AvgIpc) is 2.52. The molecule has 1 amide bonds. The van der Waals surface area contributed by atoms with E-state index in [1.165, 1.54) is 6.92 Å². The SMILES string of the molecule is CCC1Nc2cc3c(cc2N(C(C)C(C)=O)C1=O)OCCO3. The van der Waals surface area contributed by atoms with E-state index in [2.05, 4.69) is 5.32 Å². The Morgan fingerprint density at radius 3 is 2.59 bits per heavy atom. The van der Waals surface area contributed by atoms with Crippen LogP contribution in [0.5, 0.6) is 11.5 Å². The lowest BCUT2D eigenvalue weighted by Crippen LogP contribution is -2.52. The molecule has 6 nitrogen and oxygen atoms in total. The van der Waals surface area contributed by atoms with E-state index in [0.29, 0.717) is 36.8 Å². The van der Waals surface area contributed by atoms with Crippen molar-refractivity contribution < 1.29 is 19.1 Å². The van der Waals surface area contributed by atoms with Crippen molar-refractivity contribution in [2.24, 2.45) is 0 Å². The lowest BCUT2D eigenvalue weighted by atomic mass is 10.0. The van der Waals surface area contributed by atoms with Gasteiger partial charge in [0.1, 0.15) is 19.3 Å². The number of hydrogen-bond acceptors (Lipinski definition) is 5. The molecular formula is C16H20N2O4. The van der Waals surface area contributed by atoms with Crippen LogP contribution in [0.15, 0.2) is 12.1 Å². The van der Waals surface area contributed by atoms with Crippen molar-refractivity contribution in [1.29, 1.82) is 0 Å². The third kappa shape index (κ3) is 2.28. The van der Waals surface area contributed by atoms with Gasteiger partial charge in [0.25, 0.3) is 0 Å². The van der Waals surface area contributed by atoms with Gasteiger partial charge in [0.15, 0.2) is 17.3 Å². The lowest BCUT2D eigenvalue weighted by Gasteiger charge is -2.38. The Bertz CT molecular complexity index is 629. The predicted octanol–water partition coefficient (Wildman–Crippen LogP) is 1.97. The van der Waals surface area contributed by atoms with Crippen molar-refractivity contribution in [1.82, 2.24) is 0 Å². The molecule has 2 heterocycles. The summed E-state index contributed by atoms with van der Waals surface area (Å²) in [5.74, 6) is 1.13. The van der Waals surface area contributed by atoms with Crippen LogP contribution < -0.4 is 19.7 Å². The number of ketones is 1. The molecule has 0 spiro atoms. The first-order valence-electron chi connectivity index (χ1n) is 7.56. The molecule has 0 saturated heterocycles. The maximum Gasteiger partial charge on any atom is 0.250 e. The zero-order valence-corrected chi connectivity index (χ0v) is 13.0. The van der Waals surface area contributed by atoms with Gasteiger partial charge in [-0.25, -0.2) is 0 Å². The van der Waals surface area contributed by atoms with Gasteiger partial charge in [0.05, 0.1) is 17.4 Å². The number of nitrogens with zero attached hydrogens (tertiary/aromatic N) is 1. The minimum Gasteiger partial charge on any atom is -0.486 e. The van der Waals surface area contributed by atoms with Crippen LogP contribution in [0.1, 0.15) is 27.2 Å². The summed E-state index contributed by atoms with van der Waals surface area (Å²) in [5, 5.41) is 3.23. The van der Waals surface area contributed by atoms with E-state index in [-0.39, 0.29) is 17.7 Å². The van der Waals surface area contributed by atoms with E-state index in [1.54, 1.807) is 17.9 Å². The second-order valence-electron chi connectivity index (χ2n) is 5.61. The molecule has 22 heavy (non-hydrogen) atoms. The minimum atomic E-state index is -0.509. The number of benzene rings is 1. The molecule has 1 N–H and O–H groups in total. The molecule has 2 atom stereocenters. The highest BCUT2D eigenvalue weighted by atomic mass is 16.6. The van der Waals surface area contributed by atoms with Crippen LogP contribution in [0.2, 0.25) is 0 Å². The van der Waals surface area contributed by atoms with Crippen molar-refractivity contribution in [3.63, 3.8) is 0 Å². The number of fused-ring (bicyclic) bond motifs is 2. The smallest absolute Gasteiger partial charge is 0.250 e. The fourth-order valence-corrected chi connectivity index (χ4v) is 2.79. The Balaban J connectivity index is 2.10. The highest BCUT2D eigenvalue weighted by Gasteiger charge is 2.37. The maximum absolute atomic E-state index is 12.7. The number of hydrogen-bond donors (Lipinski definition) is 1. The number of anilines is 2. The molecule has 1 aromatic rings. The summed E-state index contributed by atoms with van der Waals surface area (Å²) < 4.78 is 11.2. The Labute approximate surface area is 129 Å². The number of rotatable bonds is 3. The van der Waals surface area contributed by atoms with Crippen LogP contribution in [0.25, 0.3) is 0 Å². The van der Waals surface area contributed by atoms with E-state index in [1.807, 2.05) is 13.0 Å². The second kappa shape index (κ2) is 5.51. The zero-order chi connectivity index (χ0) is 15.9. The topological polar surface area (TPSA) is 67.9 Å². The van der Waals surface area contributed by atoms with Gasteiger partial charge in [-0.2, -0.15) is 0 Å².